The molecule has 0 spiro atoms. The highest BCUT2D eigenvalue weighted by atomic mass is 35.5. The number of carbonyl (C=O) groups excluding carboxylic acids is 1. The first-order valence-corrected chi connectivity index (χ1v) is 12.4. The van der Waals surface area contributed by atoms with E-state index < -0.39 is 5.92 Å². The third-order valence-corrected chi connectivity index (χ3v) is 7.70. The van der Waals surface area contributed by atoms with Gasteiger partial charge in [0.2, 0.25) is 0 Å². The summed E-state index contributed by atoms with van der Waals surface area (Å²) >= 11 is 18.8. The highest BCUT2D eigenvalue weighted by Crippen LogP contribution is 2.55. The Labute approximate surface area is 224 Å². The van der Waals surface area contributed by atoms with Crippen LogP contribution in [0.15, 0.2) is 53.7 Å². The minimum Gasteiger partial charge on any atom is -0.397 e. The monoisotopic (exact) mass is 537 g/mol. The third kappa shape index (κ3) is 3.88. The Kier molecular flexibility index (Phi) is 5.91. The summed E-state index contributed by atoms with van der Waals surface area (Å²) in [5.41, 5.74) is 16.2. The molecule has 1 unspecified atom stereocenters. The molecule has 6 nitrogen and oxygen atoms in total. The first-order valence-electron chi connectivity index (χ1n) is 11.3. The zero-order valence-corrected chi connectivity index (χ0v) is 21.8. The molecule has 2 aliphatic rings. The second kappa shape index (κ2) is 8.70. The van der Waals surface area contributed by atoms with Gasteiger partial charge in [-0.1, -0.05) is 54.7 Å². The molecule has 0 amide bonds. The number of nitriles is 1. The predicted octanol–water partition coefficient (Wildman–Crippen LogP) is 7.00. The van der Waals surface area contributed by atoms with Crippen LogP contribution in [0, 0.1) is 16.7 Å². The number of nitrogens with zero attached hydrogens (tertiary/aromatic N) is 3. The molecule has 1 aromatic heterocycles. The number of rotatable bonds is 2. The fraction of sp³-hybridized carbons (Fsp3) is 0.222. The zero-order chi connectivity index (χ0) is 25.9. The van der Waals surface area contributed by atoms with Crippen LogP contribution in [0.5, 0.6) is 0 Å². The van der Waals surface area contributed by atoms with Gasteiger partial charge in [-0.3, -0.25) is 9.69 Å². The standard InChI is InChI=1S/C27H22Cl3N5O/c1-27(2)10-19-22(20(36)11-27)21(13-3-8-17(29)18(30)9-13)23-24(32)16(12-31)25(33)34-26(23)35(19)15-6-4-14(28)5-7-15/h3-9,21H,10-11H2,1-2H3,(H4,32,33,34). The van der Waals surface area contributed by atoms with Crippen LogP contribution in [-0.2, 0) is 4.79 Å². The number of allylic oxidation sites excluding steroid dienone is 2. The molecular formula is C27H22Cl3N5O. The predicted molar refractivity (Wildman–Crippen MR) is 145 cm³/mol. The highest BCUT2D eigenvalue weighted by molar-refractivity contribution is 6.42. The molecule has 2 aromatic carbocycles. The fourth-order valence-corrected chi connectivity index (χ4v) is 5.62. The Morgan fingerprint density at radius 1 is 1.06 bits per heavy atom. The normalized spacial score (nSPS) is 18.5. The summed E-state index contributed by atoms with van der Waals surface area (Å²) in [5.74, 6) is -0.119. The average molecular weight is 539 g/mol. The molecule has 0 saturated carbocycles. The van der Waals surface area contributed by atoms with E-state index in [9.17, 15) is 10.1 Å². The maximum Gasteiger partial charge on any atom is 0.162 e. The van der Waals surface area contributed by atoms with Crippen LogP contribution in [0.1, 0.15) is 49.3 Å². The van der Waals surface area contributed by atoms with Crippen LogP contribution >= 0.6 is 34.8 Å². The topological polar surface area (TPSA) is 109 Å². The highest BCUT2D eigenvalue weighted by Gasteiger charge is 2.46. The van der Waals surface area contributed by atoms with Crippen LogP contribution in [0.2, 0.25) is 15.1 Å². The van der Waals surface area contributed by atoms with Crippen molar-refractivity contribution in [2.75, 3.05) is 16.4 Å². The number of carbonyl (C=O) groups is 1. The summed E-state index contributed by atoms with van der Waals surface area (Å²) in [6.45, 7) is 4.13. The van der Waals surface area contributed by atoms with Gasteiger partial charge in [0.1, 0.15) is 23.3 Å². The lowest BCUT2D eigenvalue weighted by Gasteiger charge is -2.44. The number of anilines is 4. The number of Topliss-reactive ketones (excluding diaryl/α,β-unsaturated/α-hetero) is 1. The van der Waals surface area contributed by atoms with Crippen molar-refractivity contribution in [2.45, 2.75) is 32.6 Å². The van der Waals surface area contributed by atoms with Gasteiger partial charge in [0.25, 0.3) is 0 Å². The van der Waals surface area contributed by atoms with Crippen molar-refractivity contribution in [3.63, 3.8) is 0 Å². The molecule has 0 saturated heterocycles. The van der Waals surface area contributed by atoms with Crippen LogP contribution in [-0.4, -0.2) is 10.8 Å². The molecule has 0 bridgehead atoms. The van der Waals surface area contributed by atoms with Gasteiger partial charge in [-0.05, 0) is 53.8 Å². The van der Waals surface area contributed by atoms with E-state index in [0.717, 1.165) is 16.9 Å². The van der Waals surface area contributed by atoms with E-state index in [-0.39, 0.29) is 28.3 Å². The molecule has 1 aliphatic heterocycles. The molecular weight excluding hydrogens is 517 g/mol. The molecule has 3 aromatic rings. The number of aromatic nitrogens is 1. The molecule has 4 N–H and O–H groups in total. The van der Waals surface area contributed by atoms with Gasteiger partial charge in [0.15, 0.2) is 5.78 Å². The Balaban J connectivity index is 1.91. The SMILES string of the molecule is CC1(C)CC(=O)C2=C(C1)N(c1ccc(Cl)cc1)c1nc(N)c(C#N)c(N)c1C2c1ccc(Cl)c(Cl)c1. The van der Waals surface area contributed by atoms with Crippen molar-refractivity contribution in [2.24, 2.45) is 5.41 Å². The fourth-order valence-electron chi connectivity index (χ4n) is 5.19. The Hall–Kier alpha value is -3.24. The molecule has 36 heavy (non-hydrogen) atoms. The molecule has 1 aliphatic carbocycles. The van der Waals surface area contributed by atoms with Crippen LogP contribution in [0.4, 0.5) is 23.0 Å². The van der Waals surface area contributed by atoms with Gasteiger partial charge in [0.05, 0.1) is 15.7 Å². The van der Waals surface area contributed by atoms with Crippen LogP contribution in [0.3, 0.4) is 0 Å². The van der Waals surface area contributed by atoms with E-state index in [0.29, 0.717) is 44.9 Å². The molecule has 9 heteroatoms. The van der Waals surface area contributed by atoms with E-state index in [1.165, 1.54) is 0 Å². The van der Waals surface area contributed by atoms with Crippen molar-refractivity contribution in [1.29, 1.82) is 5.26 Å². The number of nitrogen functional groups attached to an aromatic ring is 2. The molecule has 0 radical (unpaired) electrons. The summed E-state index contributed by atoms with van der Waals surface area (Å²) in [4.78, 5) is 20.4. The van der Waals surface area contributed by atoms with Crippen LogP contribution in [0.25, 0.3) is 0 Å². The largest absolute Gasteiger partial charge is 0.397 e. The summed E-state index contributed by atoms with van der Waals surface area (Å²) in [6, 6.07) is 14.6. The number of benzene rings is 2. The summed E-state index contributed by atoms with van der Waals surface area (Å²) in [6.07, 6.45) is 0.969. The minimum absolute atomic E-state index is 0.00308. The smallest absolute Gasteiger partial charge is 0.162 e. The van der Waals surface area contributed by atoms with Crippen molar-refractivity contribution in [1.82, 2.24) is 4.98 Å². The summed E-state index contributed by atoms with van der Waals surface area (Å²) in [7, 11) is 0. The van der Waals surface area contributed by atoms with E-state index >= 15 is 0 Å². The molecule has 182 valence electrons. The lowest BCUT2D eigenvalue weighted by atomic mass is 9.68. The molecule has 5 rings (SSSR count). The number of fused-ring (bicyclic) bond motifs is 1. The maximum atomic E-state index is 13.8. The van der Waals surface area contributed by atoms with E-state index in [2.05, 4.69) is 24.9 Å². The third-order valence-electron chi connectivity index (χ3n) is 6.71. The van der Waals surface area contributed by atoms with Crippen molar-refractivity contribution < 1.29 is 4.79 Å². The first-order chi connectivity index (χ1) is 17.0. The zero-order valence-electron chi connectivity index (χ0n) is 19.6. The van der Waals surface area contributed by atoms with Crippen molar-refractivity contribution in [3.05, 3.63) is 85.5 Å². The van der Waals surface area contributed by atoms with Crippen molar-refractivity contribution >= 4 is 63.6 Å². The van der Waals surface area contributed by atoms with Crippen molar-refractivity contribution in [3.8, 4) is 6.07 Å². The number of halogens is 3. The Morgan fingerprint density at radius 3 is 2.39 bits per heavy atom. The summed E-state index contributed by atoms with van der Waals surface area (Å²) in [5, 5.41) is 11.1. The van der Waals surface area contributed by atoms with Gasteiger partial charge >= 0.3 is 0 Å². The first kappa shape index (κ1) is 24.5. The second-order valence-electron chi connectivity index (χ2n) is 9.85. The van der Waals surface area contributed by atoms with Gasteiger partial charge in [-0.2, -0.15) is 5.26 Å². The lowest BCUT2D eigenvalue weighted by molar-refractivity contribution is -0.118. The number of nitrogens with two attached hydrogens (primary N) is 2. The van der Waals surface area contributed by atoms with Gasteiger partial charge in [-0.25, -0.2) is 4.98 Å². The van der Waals surface area contributed by atoms with E-state index in [4.69, 9.17) is 46.3 Å². The van der Waals surface area contributed by atoms with E-state index in [1.54, 1.807) is 24.3 Å². The van der Waals surface area contributed by atoms with Crippen LogP contribution < -0.4 is 16.4 Å². The van der Waals surface area contributed by atoms with E-state index in [1.807, 2.05) is 23.1 Å². The molecule has 2 heterocycles. The number of hydrogen-bond donors (Lipinski definition) is 2. The summed E-state index contributed by atoms with van der Waals surface area (Å²) < 4.78 is 0. The van der Waals surface area contributed by atoms with Gasteiger partial charge in [0, 0.05) is 39.9 Å². The lowest BCUT2D eigenvalue weighted by Crippen LogP contribution is -2.39. The Morgan fingerprint density at radius 2 is 1.75 bits per heavy atom. The number of hydrogen-bond acceptors (Lipinski definition) is 6. The number of pyridine rings is 1. The van der Waals surface area contributed by atoms with Gasteiger partial charge < -0.3 is 11.5 Å². The maximum absolute atomic E-state index is 13.8. The molecule has 1 atom stereocenters. The Bertz CT molecular complexity index is 1510. The average Bonchev–Trinajstić information content (AvgIpc) is 2.80. The minimum atomic E-state index is -0.600. The van der Waals surface area contributed by atoms with Gasteiger partial charge in [-0.15, -0.1) is 0 Å². The quantitative estimate of drug-likeness (QED) is 0.363. The number of ketones is 1. The molecule has 0 fully saturated rings. The second-order valence-corrected chi connectivity index (χ2v) is 11.1.